The Morgan fingerprint density at radius 1 is 1.18 bits per heavy atom. The van der Waals surface area contributed by atoms with Crippen molar-refractivity contribution in [1.29, 1.82) is 0 Å². The van der Waals surface area contributed by atoms with Crippen LogP contribution in [0.25, 0.3) is 10.9 Å². The number of rotatable bonds is 2. The Labute approximate surface area is 169 Å². The number of aromatic amines is 1. The van der Waals surface area contributed by atoms with Gasteiger partial charge in [0.15, 0.2) is 0 Å². The highest BCUT2D eigenvalue weighted by molar-refractivity contribution is 6.35. The van der Waals surface area contributed by atoms with Gasteiger partial charge >= 0.3 is 0 Å². The Kier molecular flexibility index (Phi) is 4.83. The van der Waals surface area contributed by atoms with Crippen LogP contribution >= 0.6 is 11.6 Å². The SMILES string of the molecule is O=C(c1cc2c(Cl)cccc2[nH]1)N1C[C@H]2C[C@@H](N3CCOCC3)[C@H](O)C[C@H]2C1. The second-order valence-corrected chi connectivity index (χ2v) is 8.78. The molecule has 2 saturated heterocycles. The fourth-order valence-corrected chi connectivity index (χ4v) is 5.51. The average Bonchev–Trinajstić information content (AvgIpc) is 3.32. The molecular weight excluding hydrogens is 378 g/mol. The van der Waals surface area contributed by atoms with E-state index in [4.69, 9.17) is 16.3 Å². The molecule has 0 unspecified atom stereocenters. The lowest BCUT2D eigenvalue weighted by Gasteiger charge is -2.43. The topological polar surface area (TPSA) is 68.8 Å². The number of halogens is 1. The number of nitrogens with one attached hydrogen (secondary N) is 1. The molecule has 1 aromatic heterocycles. The van der Waals surface area contributed by atoms with Gasteiger partial charge in [0.1, 0.15) is 5.69 Å². The molecule has 6 nitrogen and oxygen atoms in total. The minimum absolute atomic E-state index is 0.0269. The van der Waals surface area contributed by atoms with E-state index in [1.54, 1.807) is 0 Å². The summed E-state index contributed by atoms with van der Waals surface area (Å²) in [5.74, 6) is 0.858. The number of aliphatic hydroxyl groups excluding tert-OH is 1. The predicted molar refractivity (Wildman–Crippen MR) is 108 cm³/mol. The smallest absolute Gasteiger partial charge is 0.270 e. The monoisotopic (exact) mass is 403 g/mol. The molecule has 1 aromatic carbocycles. The van der Waals surface area contributed by atoms with Gasteiger partial charge in [-0.1, -0.05) is 17.7 Å². The Bertz CT molecular complexity index is 879. The summed E-state index contributed by atoms with van der Waals surface area (Å²) in [6, 6.07) is 7.70. The molecule has 0 spiro atoms. The van der Waals surface area contributed by atoms with E-state index < -0.39 is 0 Å². The van der Waals surface area contributed by atoms with Crippen LogP contribution in [0.15, 0.2) is 24.3 Å². The molecule has 1 saturated carbocycles. The van der Waals surface area contributed by atoms with Gasteiger partial charge in [-0.2, -0.15) is 0 Å². The maximum absolute atomic E-state index is 13.1. The molecule has 3 fully saturated rings. The van der Waals surface area contributed by atoms with Crippen LogP contribution in [-0.2, 0) is 4.74 Å². The minimum atomic E-state index is -0.318. The summed E-state index contributed by atoms with van der Waals surface area (Å²) in [4.78, 5) is 20.6. The van der Waals surface area contributed by atoms with Crippen LogP contribution in [0.1, 0.15) is 23.3 Å². The Morgan fingerprint density at radius 3 is 2.68 bits per heavy atom. The summed E-state index contributed by atoms with van der Waals surface area (Å²) in [7, 11) is 0. The Morgan fingerprint density at radius 2 is 1.93 bits per heavy atom. The van der Waals surface area contributed by atoms with Crippen molar-refractivity contribution in [2.45, 2.75) is 25.0 Å². The molecule has 0 bridgehead atoms. The van der Waals surface area contributed by atoms with E-state index in [1.807, 2.05) is 29.2 Å². The zero-order chi connectivity index (χ0) is 19.3. The summed E-state index contributed by atoms with van der Waals surface area (Å²) in [6.07, 6.45) is 1.41. The molecule has 2 N–H and O–H groups in total. The molecule has 1 amide bonds. The first kappa shape index (κ1) is 18.4. The lowest BCUT2D eigenvalue weighted by atomic mass is 9.77. The first-order chi connectivity index (χ1) is 13.6. The number of likely N-dealkylation sites (tertiary alicyclic amines) is 1. The molecular formula is C21H26ClN3O3. The number of ether oxygens (including phenoxy) is 1. The van der Waals surface area contributed by atoms with Crippen LogP contribution in [0.2, 0.25) is 5.02 Å². The highest BCUT2D eigenvalue weighted by Crippen LogP contribution is 2.39. The van der Waals surface area contributed by atoms with E-state index in [0.29, 0.717) is 22.6 Å². The second-order valence-electron chi connectivity index (χ2n) is 8.37. The third kappa shape index (κ3) is 3.22. The second kappa shape index (κ2) is 7.34. The van der Waals surface area contributed by atoms with E-state index in [-0.39, 0.29) is 18.1 Å². The van der Waals surface area contributed by atoms with Gasteiger partial charge in [-0.25, -0.2) is 0 Å². The molecule has 3 heterocycles. The lowest BCUT2D eigenvalue weighted by Crippen LogP contribution is -2.53. The van der Waals surface area contributed by atoms with Gasteiger partial charge < -0.3 is 19.7 Å². The first-order valence-corrected chi connectivity index (χ1v) is 10.5. The summed E-state index contributed by atoms with van der Waals surface area (Å²) in [5, 5.41) is 12.3. The van der Waals surface area contributed by atoms with Crippen molar-refractivity contribution in [1.82, 2.24) is 14.8 Å². The highest BCUT2D eigenvalue weighted by Gasteiger charge is 2.45. The number of nitrogens with zero attached hydrogens (tertiary/aromatic N) is 2. The number of carbonyl (C=O) groups is 1. The van der Waals surface area contributed by atoms with Gasteiger partial charge in [0.2, 0.25) is 0 Å². The molecule has 1 aliphatic carbocycles. The number of carbonyl (C=O) groups excluding carboxylic acids is 1. The standard InChI is InChI=1S/C21H26ClN3O3/c22-16-2-1-3-17-15(16)10-18(23-17)21(27)25-11-13-8-19(20(26)9-14(13)12-25)24-4-6-28-7-5-24/h1-3,10,13-14,19-20,23,26H,4-9,11-12H2/t13-,14+,19-,20-/m1/s1. The highest BCUT2D eigenvalue weighted by atomic mass is 35.5. The molecule has 0 radical (unpaired) electrons. The summed E-state index contributed by atoms with van der Waals surface area (Å²) in [6.45, 7) is 4.74. The molecule has 28 heavy (non-hydrogen) atoms. The van der Waals surface area contributed by atoms with Gasteiger partial charge in [-0.05, 0) is 42.9 Å². The molecule has 2 aromatic rings. The fourth-order valence-electron chi connectivity index (χ4n) is 5.28. The van der Waals surface area contributed by atoms with Gasteiger partial charge in [0.05, 0.1) is 19.3 Å². The normalized spacial score (nSPS) is 31.3. The van der Waals surface area contributed by atoms with Gasteiger partial charge in [0.25, 0.3) is 5.91 Å². The Hall–Kier alpha value is -1.60. The number of hydrogen-bond donors (Lipinski definition) is 2. The number of morpholine rings is 1. The third-order valence-electron chi connectivity index (χ3n) is 6.75. The maximum Gasteiger partial charge on any atom is 0.270 e. The number of fused-ring (bicyclic) bond motifs is 2. The molecule has 7 heteroatoms. The van der Waals surface area contributed by atoms with Crippen molar-refractivity contribution in [2.24, 2.45) is 11.8 Å². The number of aromatic nitrogens is 1. The quantitative estimate of drug-likeness (QED) is 0.807. The summed E-state index contributed by atoms with van der Waals surface area (Å²) >= 11 is 6.25. The van der Waals surface area contributed by atoms with Crippen LogP contribution in [0.4, 0.5) is 0 Å². The Balaban J connectivity index is 1.30. The van der Waals surface area contributed by atoms with E-state index in [0.717, 1.165) is 63.1 Å². The van der Waals surface area contributed by atoms with E-state index in [2.05, 4.69) is 9.88 Å². The van der Waals surface area contributed by atoms with Crippen LogP contribution in [-0.4, -0.2) is 77.3 Å². The number of amides is 1. The summed E-state index contributed by atoms with van der Waals surface area (Å²) < 4.78 is 5.45. The van der Waals surface area contributed by atoms with Crippen LogP contribution in [0.5, 0.6) is 0 Å². The van der Waals surface area contributed by atoms with Gasteiger partial charge in [0, 0.05) is 48.1 Å². The molecule has 150 valence electrons. The van der Waals surface area contributed by atoms with E-state index in [9.17, 15) is 9.90 Å². The predicted octanol–water partition coefficient (Wildman–Crippen LogP) is 2.37. The first-order valence-electron chi connectivity index (χ1n) is 10.2. The number of aliphatic hydroxyl groups is 1. The van der Waals surface area contributed by atoms with Crippen molar-refractivity contribution in [2.75, 3.05) is 39.4 Å². The van der Waals surface area contributed by atoms with Gasteiger partial charge in [-0.15, -0.1) is 0 Å². The average molecular weight is 404 g/mol. The minimum Gasteiger partial charge on any atom is -0.391 e. The molecule has 2 aliphatic heterocycles. The summed E-state index contributed by atoms with van der Waals surface area (Å²) in [5.41, 5.74) is 1.47. The zero-order valence-corrected chi connectivity index (χ0v) is 16.6. The number of benzene rings is 1. The van der Waals surface area contributed by atoms with Crippen molar-refractivity contribution in [3.8, 4) is 0 Å². The van der Waals surface area contributed by atoms with Crippen molar-refractivity contribution in [3.63, 3.8) is 0 Å². The van der Waals surface area contributed by atoms with Crippen molar-refractivity contribution >= 4 is 28.4 Å². The van der Waals surface area contributed by atoms with Crippen molar-refractivity contribution < 1.29 is 14.6 Å². The number of hydrogen-bond acceptors (Lipinski definition) is 4. The lowest BCUT2D eigenvalue weighted by molar-refractivity contribution is -0.0520. The number of H-pyrrole nitrogens is 1. The molecule has 3 aliphatic rings. The van der Waals surface area contributed by atoms with Crippen LogP contribution < -0.4 is 0 Å². The fraction of sp³-hybridized carbons (Fsp3) is 0.571. The van der Waals surface area contributed by atoms with Crippen molar-refractivity contribution in [3.05, 3.63) is 35.0 Å². The third-order valence-corrected chi connectivity index (χ3v) is 7.08. The van der Waals surface area contributed by atoms with Crippen LogP contribution in [0, 0.1) is 11.8 Å². The maximum atomic E-state index is 13.1. The molecule has 5 rings (SSSR count). The van der Waals surface area contributed by atoms with E-state index >= 15 is 0 Å². The van der Waals surface area contributed by atoms with E-state index in [1.165, 1.54) is 0 Å². The molecule has 4 atom stereocenters. The zero-order valence-electron chi connectivity index (χ0n) is 15.8. The largest absolute Gasteiger partial charge is 0.391 e. The van der Waals surface area contributed by atoms with Crippen LogP contribution in [0.3, 0.4) is 0 Å². The van der Waals surface area contributed by atoms with Gasteiger partial charge in [-0.3, -0.25) is 9.69 Å².